The first kappa shape index (κ1) is 12.8. The number of hydrogen-bond acceptors (Lipinski definition) is 4. The highest BCUT2D eigenvalue weighted by molar-refractivity contribution is 7.96. The summed E-state index contributed by atoms with van der Waals surface area (Å²) in [5.41, 5.74) is 0. The Kier molecular flexibility index (Phi) is 6.05. The Morgan fingerprint density at radius 1 is 1.27 bits per heavy atom. The van der Waals surface area contributed by atoms with E-state index in [1.807, 2.05) is 0 Å². The van der Waals surface area contributed by atoms with E-state index in [2.05, 4.69) is 21.6 Å². The van der Waals surface area contributed by atoms with Gasteiger partial charge in [0.1, 0.15) is 0 Å². The van der Waals surface area contributed by atoms with Crippen molar-refractivity contribution in [2.45, 2.75) is 37.8 Å². The van der Waals surface area contributed by atoms with E-state index in [0.717, 1.165) is 25.7 Å². The number of carbonyl (C=O) groups excluding carboxylic acids is 1. The molecule has 0 aromatic rings. The maximum Gasteiger partial charge on any atom is 0.234 e. The molecule has 1 fully saturated rings. The lowest BCUT2D eigenvalue weighted by atomic mass is 9.92. The minimum atomic E-state index is 0.110. The van der Waals surface area contributed by atoms with Crippen LogP contribution in [0.5, 0.6) is 0 Å². The summed E-state index contributed by atoms with van der Waals surface area (Å²) >= 11 is 1.68. The number of likely N-dealkylation sites (N-methyl/N-ethyl adjacent to an activating group) is 1. The number of nitrogens with one attached hydrogen (secondary N) is 3. The Bertz CT molecular complexity index is 193. The van der Waals surface area contributed by atoms with E-state index in [9.17, 15) is 4.79 Å². The van der Waals surface area contributed by atoms with E-state index in [0.29, 0.717) is 18.6 Å². The van der Waals surface area contributed by atoms with Crippen LogP contribution in [0.25, 0.3) is 0 Å². The van der Waals surface area contributed by atoms with Gasteiger partial charge in [0.2, 0.25) is 5.91 Å². The van der Waals surface area contributed by atoms with E-state index in [-0.39, 0.29) is 5.91 Å². The third-order valence-corrected chi connectivity index (χ3v) is 3.28. The van der Waals surface area contributed by atoms with Crippen molar-refractivity contribution in [1.29, 1.82) is 0 Å². The van der Waals surface area contributed by atoms with E-state index >= 15 is 0 Å². The molecule has 88 valence electrons. The molecule has 4 nitrogen and oxygen atoms in total. The summed E-state index contributed by atoms with van der Waals surface area (Å²) in [6.45, 7) is 0.420. The van der Waals surface area contributed by atoms with Gasteiger partial charge in [-0.05, 0) is 39.0 Å². The van der Waals surface area contributed by atoms with Gasteiger partial charge in [-0.15, -0.1) is 0 Å². The number of carbonyl (C=O) groups is 1. The zero-order valence-corrected chi connectivity index (χ0v) is 10.3. The van der Waals surface area contributed by atoms with Gasteiger partial charge in [0.15, 0.2) is 0 Å². The van der Waals surface area contributed by atoms with Crippen molar-refractivity contribution in [3.8, 4) is 0 Å². The third kappa shape index (κ3) is 4.86. The highest BCUT2D eigenvalue weighted by atomic mass is 32.2. The predicted octanol–water partition coefficient (Wildman–Crippen LogP) is 0.501. The van der Waals surface area contributed by atoms with Gasteiger partial charge < -0.3 is 10.6 Å². The SMILES string of the molecule is CNCC(=O)NC1CCC(NSC)CC1. The smallest absolute Gasteiger partial charge is 0.234 e. The van der Waals surface area contributed by atoms with E-state index in [1.165, 1.54) is 0 Å². The number of rotatable bonds is 5. The van der Waals surface area contributed by atoms with E-state index < -0.39 is 0 Å². The van der Waals surface area contributed by atoms with Crippen molar-refractivity contribution in [2.24, 2.45) is 0 Å². The van der Waals surface area contributed by atoms with Gasteiger partial charge in [-0.1, -0.05) is 11.9 Å². The van der Waals surface area contributed by atoms with Crippen molar-refractivity contribution in [1.82, 2.24) is 15.4 Å². The summed E-state index contributed by atoms with van der Waals surface area (Å²) in [4.78, 5) is 11.3. The molecule has 0 aromatic carbocycles. The predicted molar refractivity (Wildman–Crippen MR) is 64.8 cm³/mol. The van der Waals surface area contributed by atoms with Crippen LogP contribution in [-0.4, -0.2) is 37.8 Å². The maximum atomic E-state index is 11.3. The fourth-order valence-electron chi connectivity index (χ4n) is 1.96. The van der Waals surface area contributed by atoms with Crippen LogP contribution in [0.3, 0.4) is 0 Å². The Morgan fingerprint density at radius 3 is 2.40 bits per heavy atom. The highest BCUT2D eigenvalue weighted by Gasteiger charge is 2.21. The lowest BCUT2D eigenvalue weighted by Gasteiger charge is -2.29. The van der Waals surface area contributed by atoms with Gasteiger partial charge in [-0.2, -0.15) is 0 Å². The molecular weight excluding hydrogens is 210 g/mol. The second kappa shape index (κ2) is 7.09. The molecule has 0 radical (unpaired) electrons. The Morgan fingerprint density at radius 2 is 1.87 bits per heavy atom. The normalized spacial score (nSPS) is 26.3. The second-order valence-electron chi connectivity index (χ2n) is 3.97. The molecule has 0 spiro atoms. The maximum absolute atomic E-state index is 11.3. The lowest BCUT2D eigenvalue weighted by Crippen LogP contribution is -2.43. The molecule has 0 heterocycles. The van der Waals surface area contributed by atoms with Gasteiger partial charge in [0.25, 0.3) is 0 Å². The van der Waals surface area contributed by atoms with Crippen LogP contribution >= 0.6 is 11.9 Å². The van der Waals surface area contributed by atoms with Crippen LogP contribution in [0, 0.1) is 0 Å². The van der Waals surface area contributed by atoms with Crippen LogP contribution in [0.1, 0.15) is 25.7 Å². The molecule has 1 aliphatic carbocycles. The zero-order chi connectivity index (χ0) is 11.1. The Labute approximate surface area is 96.1 Å². The minimum Gasteiger partial charge on any atom is -0.352 e. The topological polar surface area (TPSA) is 53.2 Å². The average molecular weight is 231 g/mol. The molecule has 1 aliphatic rings. The first-order chi connectivity index (χ1) is 7.26. The van der Waals surface area contributed by atoms with Gasteiger partial charge in [-0.25, -0.2) is 0 Å². The fourth-order valence-corrected chi connectivity index (χ4v) is 2.53. The Hall–Kier alpha value is -0.260. The van der Waals surface area contributed by atoms with Crippen molar-refractivity contribution in [3.63, 3.8) is 0 Å². The summed E-state index contributed by atoms with van der Waals surface area (Å²) in [7, 11) is 1.79. The van der Waals surface area contributed by atoms with Crippen molar-refractivity contribution >= 4 is 17.9 Å². The first-order valence-corrected chi connectivity index (χ1v) is 6.71. The standard InChI is InChI=1S/C10H21N3OS/c1-11-7-10(14)12-8-3-5-9(6-4-8)13-15-2/h8-9,11,13H,3-7H2,1-2H3,(H,12,14). The van der Waals surface area contributed by atoms with Gasteiger partial charge in [-0.3, -0.25) is 9.52 Å². The van der Waals surface area contributed by atoms with E-state index in [4.69, 9.17) is 0 Å². The third-order valence-electron chi connectivity index (χ3n) is 2.71. The lowest BCUT2D eigenvalue weighted by molar-refractivity contribution is -0.121. The molecule has 1 amide bonds. The fraction of sp³-hybridized carbons (Fsp3) is 0.900. The molecule has 1 rings (SSSR count). The van der Waals surface area contributed by atoms with Crippen molar-refractivity contribution in [2.75, 3.05) is 19.8 Å². The summed E-state index contributed by atoms with van der Waals surface area (Å²) in [6, 6.07) is 1.00. The van der Waals surface area contributed by atoms with Crippen molar-refractivity contribution in [3.05, 3.63) is 0 Å². The van der Waals surface area contributed by atoms with Crippen LogP contribution in [0.15, 0.2) is 0 Å². The summed E-state index contributed by atoms with van der Waals surface area (Å²) < 4.78 is 3.38. The quantitative estimate of drug-likeness (QED) is 0.603. The second-order valence-corrected chi connectivity index (χ2v) is 4.61. The minimum absolute atomic E-state index is 0.110. The zero-order valence-electron chi connectivity index (χ0n) is 9.51. The molecule has 15 heavy (non-hydrogen) atoms. The highest BCUT2D eigenvalue weighted by Crippen LogP contribution is 2.19. The molecule has 0 saturated heterocycles. The van der Waals surface area contributed by atoms with Crippen LogP contribution < -0.4 is 15.4 Å². The first-order valence-electron chi connectivity index (χ1n) is 5.48. The molecule has 0 aromatic heterocycles. The molecule has 1 saturated carbocycles. The summed E-state index contributed by atoms with van der Waals surface area (Å²) in [6.07, 6.45) is 6.55. The van der Waals surface area contributed by atoms with Crippen molar-refractivity contribution < 1.29 is 4.79 Å². The summed E-state index contributed by atoms with van der Waals surface area (Å²) in [5, 5.41) is 5.90. The monoisotopic (exact) mass is 231 g/mol. The Balaban J connectivity index is 2.16. The van der Waals surface area contributed by atoms with Crippen LogP contribution in [-0.2, 0) is 4.79 Å². The van der Waals surface area contributed by atoms with Gasteiger partial charge in [0.05, 0.1) is 6.54 Å². The molecule has 0 atom stereocenters. The van der Waals surface area contributed by atoms with Gasteiger partial charge >= 0.3 is 0 Å². The largest absolute Gasteiger partial charge is 0.352 e. The molecular formula is C10H21N3OS. The molecule has 3 N–H and O–H groups in total. The van der Waals surface area contributed by atoms with Crippen LogP contribution in [0.2, 0.25) is 0 Å². The molecule has 0 bridgehead atoms. The molecule has 5 heteroatoms. The molecule has 0 aliphatic heterocycles. The van der Waals surface area contributed by atoms with Crippen LogP contribution in [0.4, 0.5) is 0 Å². The number of amides is 1. The average Bonchev–Trinajstić information content (AvgIpc) is 2.22. The van der Waals surface area contributed by atoms with Gasteiger partial charge in [0, 0.05) is 12.1 Å². The summed E-state index contributed by atoms with van der Waals surface area (Å²) in [5.74, 6) is 0.110. The van der Waals surface area contributed by atoms with E-state index in [1.54, 1.807) is 19.0 Å². The number of hydrogen-bond donors (Lipinski definition) is 3. The molecule has 0 unspecified atom stereocenters.